The molecule has 0 radical (unpaired) electrons. The Kier molecular flexibility index (Phi) is 6.43. The van der Waals surface area contributed by atoms with Crippen LogP contribution in [0.3, 0.4) is 0 Å². The van der Waals surface area contributed by atoms with Crippen LogP contribution < -0.4 is 5.56 Å². The predicted octanol–water partition coefficient (Wildman–Crippen LogP) is 4.89. The maximum Gasteiger partial charge on any atom is 0.286 e. The molecule has 0 fully saturated rings. The number of aliphatic hydroxyl groups excluding tert-OH is 1. The fourth-order valence-corrected chi connectivity index (χ4v) is 4.24. The van der Waals surface area contributed by atoms with Crippen LogP contribution in [0.5, 0.6) is 5.88 Å². The number of carbonyl (C=O) groups is 1. The number of amides is 1. The largest absolute Gasteiger partial charge is 0.493 e. The Morgan fingerprint density at radius 1 is 1.17 bits per heavy atom. The van der Waals surface area contributed by atoms with Crippen LogP contribution in [0, 0.1) is 24.2 Å². The lowest BCUT2D eigenvalue weighted by Crippen LogP contribution is -2.31. The number of hydrogen-bond acceptors (Lipinski definition) is 7. The molecule has 0 saturated carbocycles. The number of aromatic nitrogens is 1. The van der Waals surface area contributed by atoms with Crippen molar-refractivity contribution >= 4 is 28.9 Å². The van der Waals surface area contributed by atoms with E-state index in [-0.39, 0.29) is 45.6 Å². The van der Waals surface area contributed by atoms with Crippen molar-refractivity contribution in [3.05, 3.63) is 80.1 Å². The first-order chi connectivity index (χ1) is 16.6. The predicted molar refractivity (Wildman–Crippen MR) is 130 cm³/mol. The van der Waals surface area contributed by atoms with Gasteiger partial charge in [0.2, 0.25) is 5.88 Å². The van der Waals surface area contributed by atoms with Crippen molar-refractivity contribution < 1.29 is 15.0 Å². The molecule has 2 heterocycles. The first-order valence-corrected chi connectivity index (χ1v) is 11.2. The minimum atomic E-state index is -1.10. The third-order valence-corrected chi connectivity index (χ3v) is 5.93. The second-order valence-corrected chi connectivity index (χ2v) is 9.01. The van der Waals surface area contributed by atoms with Gasteiger partial charge in [0, 0.05) is 22.7 Å². The van der Waals surface area contributed by atoms with Crippen LogP contribution in [-0.2, 0) is 0 Å². The molecule has 10 heteroatoms. The molecule has 2 N–H and O–H groups in total. The van der Waals surface area contributed by atoms with E-state index in [0.29, 0.717) is 17.1 Å². The average molecular weight is 492 g/mol. The summed E-state index contributed by atoms with van der Waals surface area (Å²) in [5, 5.41) is 39.5. The summed E-state index contributed by atoms with van der Waals surface area (Å²) in [6.45, 7) is 5.72. The summed E-state index contributed by atoms with van der Waals surface area (Å²) in [5.41, 5.74) is 0.130. The SMILES string of the molecule is Cc1c(C#N)c(O)n(-c2cccc(Cl)c2)c(=O)c1N=Nc1cccc2c1C(=O)N(CC(C)C)C2O. The first kappa shape index (κ1) is 24.1. The lowest BCUT2D eigenvalue weighted by Gasteiger charge is -2.22. The maximum atomic E-state index is 13.3. The Hall–Kier alpha value is -4.00. The Morgan fingerprint density at radius 2 is 1.89 bits per heavy atom. The van der Waals surface area contributed by atoms with Crippen LogP contribution in [0.25, 0.3) is 5.69 Å². The van der Waals surface area contributed by atoms with Gasteiger partial charge in [-0.15, -0.1) is 10.2 Å². The number of carbonyl (C=O) groups excluding carboxylic acids is 1. The number of rotatable bonds is 5. The van der Waals surface area contributed by atoms with Crippen molar-refractivity contribution in [2.75, 3.05) is 6.54 Å². The molecule has 1 aliphatic heterocycles. The Bertz CT molecular complexity index is 1470. The molecule has 0 spiro atoms. The molecule has 3 aromatic rings. The van der Waals surface area contributed by atoms with Crippen molar-refractivity contribution in [3.63, 3.8) is 0 Å². The van der Waals surface area contributed by atoms with Crippen LogP contribution in [0.2, 0.25) is 5.02 Å². The third-order valence-electron chi connectivity index (χ3n) is 5.69. The lowest BCUT2D eigenvalue weighted by atomic mass is 10.1. The van der Waals surface area contributed by atoms with E-state index < -0.39 is 17.7 Å². The Morgan fingerprint density at radius 3 is 2.54 bits per heavy atom. The molecule has 0 saturated heterocycles. The highest BCUT2D eigenvalue weighted by Gasteiger charge is 2.37. The fourth-order valence-electron chi connectivity index (χ4n) is 4.06. The summed E-state index contributed by atoms with van der Waals surface area (Å²) in [6, 6.07) is 13.0. The highest BCUT2D eigenvalue weighted by Crippen LogP contribution is 2.38. The van der Waals surface area contributed by atoms with Crippen molar-refractivity contribution in [3.8, 4) is 17.6 Å². The monoisotopic (exact) mass is 491 g/mol. The summed E-state index contributed by atoms with van der Waals surface area (Å²) in [5.74, 6) is -0.784. The number of azo groups is 1. The standard InChI is InChI=1S/C25H22ClN5O4/c1-13(2)12-30-22(32)17-8-5-9-19(20(17)24(30)34)28-29-21-14(3)18(11-27)23(33)31(25(21)35)16-7-4-6-15(26)10-16/h4-10,13,22,32-33H,12H2,1-3H3. The number of hydrogen-bond donors (Lipinski definition) is 2. The minimum absolute atomic E-state index is 0.136. The summed E-state index contributed by atoms with van der Waals surface area (Å²) in [7, 11) is 0. The van der Waals surface area contributed by atoms with Crippen LogP contribution in [0.1, 0.15) is 47.1 Å². The number of benzene rings is 2. The fraction of sp³-hybridized carbons (Fsp3) is 0.240. The molecule has 1 amide bonds. The van der Waals surface area contributed by atoms with Gasteiger partial charge in [-0.1, -0.05) is 43.6 Å². The Labute approximate surface area is 206 Å². The topological polar surface area (TPSA) is 131 Å². The number of aromatic hydroxyl groups is 1. The molecule has 2 aromatic carbocycles. The van der Waals surface area contributed by atoms with Crippen molar-refractivity contribution in [2.45, 2.75) is 27.0 Å². The van der Waals surface area contributed by atoms with E-state index >= 15 is 0 Å². The molecule has 178 valence electrons. The maximum absolute atomic E-state index is 13.3. The highest BCUT2D eigenvalue weighted by atomic mass is 35.5. The summed E-state index contributed by atoms with van der Waals surface area (Å²) >= 11 is 6.05. The van der Waals surface area contributed by atoms with Crippen molar-refractivity contribution in [2.24, 2.45) is 16.1 Å². The van der Waals surface area contributed by atoms with Crippen LogP contribution >= 0.6 is 11.6 Å². The molecule has 1 unspecified atom stereocenters. The number of nitriles is 1. The number of fused-ring (bicyclic) bond motifs is 1. The molecular weight excluding hydrogens is 470 g/mol. The zero-order valence-corrected chi connectivity index (χ0v) is 20.0. The number of aliphatic hydroxyl groups is 1. The minimum Gasteiger partial charge on any atom is -0.493 e. The normalized spacial score (nSPS) is 15.2. The van der Waals surface area contributed by atoms with Gasteiger partial charge in [0.15, 0.2) is 11.9 Å². The molecule has 0 aliphatic carbocycles. The lowest BCUT2D eigenvalue weighted by molar-refractivity contribution is 0.0127. The Balaban J connectivity index is 1.85. The van der Waals surface area contributed by atoms with Gasteiger partial charge >= 0.3 is 0 Å². The highest BCUT2D eigenvalue weighted by molar-refractivity contribution is 6.30. The summed E-state index contributed by atoms with van der Waals surface area (Å²) in [6.07, 6.45) is -1.10. The quantitative estimate of drug-likeness (QED) is 0.490. The van der Waals surface area contributed by atoms with E-state index in [1.54, 1.807) is 36.4 Å². The van der Waals surface area contributed by atoms with Crippen molar-refractivity contribution in [1.29, 1.82) is 5.26 Å². The van der Waals surface area contributed by atoms with Gasteiger partial charge in [-0.3, -0.25) is 9.59 Å². The third kappa shape index (κ3) is 4.18. The summed E-state index contributed by atoms with van der Waals surface area (Å²) in [4.78, 5) is 27.7. The molecule has 4 rings (SSSR count). The van der Waals surface area contributed by atoms with E-state index in [4.69, 9.17) is 11.6 Å². The van der Waals surface area contributed by atoms with Gasteiger partial charge in [-0.2, -0.15) is 5.26 Å². The van der Waals surface area contributed by atoms with Crippen LogP contribution in [0.15, 0.2) is 57.5 Å². The van der Waals surface area contributed by atoms with E-state index in [1.165, 1.54) is 17.9 Å². The van der Waals surface area contributed by atoms with Gasteiger partial charge in [0.05, 0.1) is 16.9 Å². The van der Waals surface area contributed by atoms with Crippen LogP contribution in [0.4, 0.5) is 11.4 Å². The van der Waals surface area contributed by atoms with Gasteiger partial charge in [-0.25, -0.2) is 4.57 Å². The number of halogens is 1. The van der Waals surface area contributed by atoms with Crippen LogP contribution in [-0.4, -0.2) is 32.1 Å². The molecule has 1 atom stereocenters. The van der Waals surface area contributed by atoms with E-state index in [1.807, 2.05) is 19.9 Å². The molecule has 1 aromatic heterocycles. The van der Waals surface area contributed by atoms with Gasteiger partial charge in [0.25, 0.3) is 11.5 Å². The average Bonchev–Trinajstić information content (AvgIpc) is 3.04. The van der Waals surface area contributed by atoms with Gasteiger partial charge in [0.1, 0.15) is 11.6 Å². The molecule has 35 heavy (non-hydrogen) atoms. The molecule has 1 aliphatic rings. The van der Waals surface area contributed by atoms with Gasteiger partial charge in [-0.05, 0) is 37.1 Å². The van der Waals surface area contributed by atoms with Crippen molar-refractivity contribution in [1.82, 2.24) is 9.47 Å². The smallest absolute Gasteiger partial charge is 0.286 e. The molecular formula is C25H22ClN5O4. The second-order valence-electron chi connectivity index (χ2n) is 8.57. The zero-order chi connectivity index (χ0) is 25.4. The van der Waals surface area contributed by atoms with E-state index in [9.17, 15) is 25.1 Å². The van der Waals surface area contributed by atoms with Gasteiger partial charge < -0.3 is 15.1 Å². The second kappa shape index (κ2) is 9.33. The van der Waals surface area contributed by atoms with E-state index in [0.717, 1.165) is 4.57 Å². The number of pyridine rings is 1. The molecule has 0 bridgehead atoms. The molecule has 9 nitrogen and oxygen atoms in total. The number of nitrogens with zero attached hydrogens (tertiary/aromatic N) is 5. The summed E-state index contributed by atoms with van der Waals surface area (Å²) < 4.78 is 0.931. The van der Waals surface area contributed by atoms with E-state index in [2.05, 4.69) is 10.2 Å². The zero-order valence-electron chi connectivity index (χ0n) is 19.2. The first-order valence-electron chi connectivity index (χ1n) is 10.8.